The quantitative estimate of drug-likeness (QED) is 0.113. The van der Waals surface area contributed by atoms with Crippen molar-refractivity contribution in [2.75, 3.05) is 16.4 Å². The van der Waals surface area contributed by atoms with Gasteiger partial charge < -0.3 is 16.0 Å². The van der Waals surface area contributed by atoms with Gasteiger partial charge in [0.15, 0.2) is 0 Å². The van der Waals surface area contributed by atoms with Crippen LogP contribution >= 0.6 is 11.8 Å². The molecule has 0 unspecified atom stereocenters. The number of hydrogen-bond donors (Lipinski definition) is 3. The summed E-state index contributed by atoms with van der Waals surface area (Å²) in [6.45, 7) is 0. The molecular formula is C36H28FN3O3S. The second kappa shape index (κ2) is 14.6. The minimum atomic E-state index is -0.502. The third-order valence-corrected chi connectivity index (χ3v) is 7.44. The summed E-state index contributed by atoms with van der Waals surface area (Å²) >= 11 is 1.29. The Bertz CT molecular complexity index is 1780. The van der Waals surface area contributed by atoms with Crippen molar-refractivity contribution in [1.82, 2.24) is 5.32 Å². The predicted octanol–water partition coefficient (Wildman–Crippen LogP) is 7.63. The fraction of sp³-hybridized carbons (Fsp3) is 0.0278. The lowest BCUT2D eigenvalue weighted by atomic mass is 10.0. The van der Waals surface area contributed by atoms with E-state index in [-0.39, 0.29) is 23.2 Å². The monoisotopic (exact) mass is 601 g/mol. The topological polar surface area (TPSA) is 87.3 Å². The summed E-state index contributed by atoms with van der Waals surface area (Å²) < 4.78 is 13.1. The van der Waals surface area contributed by atoms with Gasteiger partial charge in [-0.1, -0.05) is 78.9 Å². The van der Waals surface area contributed by atoms with Crippen LogP contribution in [-0.2, 0) is 9.59 Å². The molecule has 0 aliphatic carbocycles. The smallest absolute Gasteiger partial charge is 0.272 e. The molecule has 3 amide bonds. The van der Waals surface area contributed by atoms with Crippen LogP contribution in [0, 0.1) is 5.82 Å². The first-order valence-electron chi connectivity index (χ1n) is 13.8. The van der Waals surface area contributed by atoms with Crippen molar-refractivity contribution in [3.8, 4) is 11.1 Å². The predicted molar refractivity (Wildman–Crippen MR) is 175 cm³/mol. The zero-order valence-corrected chi connectivity index (χ0v) is 24.3. The Kier molecular flexibility index (Phi) is 9.97. The van der Waals surface area contributed by atoms with Crippen molar-refractivity contribution < 1.29 is 18.8 Å². The van der Waals surface area contributed by atoms with Gasteiger partial charge in [0, 0.05) is 21.8 Å². The molecule has 5 aromatic rings. The van der Waals surface area contributed by atoms with E-state index >= 15 is 0 Å². The van der Waals surface area contributed by atoms with Gasteiger partial charge in [-0.3, -0.25) is 14.4 Å². The summed E-state index contributed by atoms with van der Waals surface area (Å²) in [5.41, 5.74) is 4.33. The number of halogens is 1. The van der Waals surface area contributed by atoms with Crippen molar-refractivity contribution in [2.45, 2.75) is 4.90 Å². The van der Waals surface area contributed by atoms with Gasteiger partial charge in [-0.25, -0.2) is 4.39 Å². The van der Waals surface area contributed by atoms with Crippen LogP contribution in [0.3, 0.4) is 0 Å². The zero-order valence-electron chi connectivity index (χ0n) is 23.5. The molecule has 5 aromatic carbocycles. The van der Waals surface area contributed by atoms with Gasteiger partial charge in [0.25, 0.3) is 11.8 Å². The molecule has 0 fully saturated rings. The number of benzene rings is 5. The van der Waals surface area contributed by atoms with Crippen molar-refractivity contribution in [2.24, 2.45) is 0 Å². The van der Waals surface area contributed by atoms with Gasteiger partial charge >= 0.3 is 0 Å². The Morgan fingerprint density at radius 2 is 1.32 bits per heavy atom. The molecule has 218 valence electrons. The summed E-state index contributed by atoms with van der Waals surface area (Å²) in [4.78, 5) is 39.6. The third-order valence-electron chi connectivity index (χ3n) is 6.45. The Morgan fingerprint density at radius 3 is 2.02 bits per heavy atom. The van der Waals surface area contributed by atoms with E-state index in [4.69, 9.17) is 0 Å². The molecular weight excluding hydrogens is 573 g/mol. The largest absolute Gasteiger partial charge is 0.325 e. The van der Waals surface area contributed by atoms with E-state index in [0.29, 0.717) is 16.9 Å². The first-order valence-corrected chi connectivity index (χ1v) is 14.7. The molecule has 0 bridgehead atoms. The van der Waals surface area contributed by atoms with Gasteiger partial charge in [0.1, 0.15) is 11.5 Å². The molecule has 0 radical (unpaired) electrons. The van der Waals surface area contributed by atoms with Crippen molar-refractivity contribution in [3.63, 3.8) is 0 Å². The molecule has 6 nitrogen and oxygen atoms in total. The molecule has 0 atom stereocenters. The minimum Gasteiger partial charge on any atom is -0.325 e. The number of rotatable bonds is 10. The van der Waals surface area contributed by atoms with Crippen LogP contribution in [-0.4, -0.2) is 23.5 Å². The van der Waals surface area contributed by atoms with E-state index in [1.54, 1.807) is 48.5 Å². The fourth-order valence-electron chi connectivity index (χ4n) is 4.25. The van der Waals surface area contributed by atoms with E-state index in [2.05, 4.69) is 16.0 Å². The van der Waals surface area contributed by atoms with Gasteiger partial charge in [-0.05, 0) is 77.4 Å². The lowest BCUT2D eigenvalue weighted by Crippen LogP contribution is -2.30. The molecule has 8 heteroatoms. The fourth-order valence-corrected chi connectivity index (χ4v) is 5.01. The maximum Gasteiger partial charge on any atom is 0.272 e. The van der Waals surface area contributed by atoms with E-state index in [1.807, 2.05) is 66.7 Å². The molecule has 0 spiro atoms. The van der Waals surface area contributed by atoms with Crippen LogP contribution in [0.25, 0.3) is 17.2 Å². The lowest BCUT2D eigenvalue weighted by molar-refractivity contribution is -0.114. The number of carbonyl (C=O) groups excluding carboxylic acids is 3. The van der Waals surface area contributed by atoms with Crippen molar-refractivity contribution >= 4 is 46.9 Å². The van der Waals surface area contributed by atoms with Crippen LogP contribution in [0.4, 0.5) is 15.8 Å². The van der Waals surface area contributed by atoms with Crippen molar-refractivity contribution in [3.05, 3.63) is 156 Å². The Morgan fingerprint density at radius 1 is 0.659 bits per heavy atom. The molecule has 5 rings (SSSR count). The maximum absolute atomic E-state index is 13.5. The summed E-state index contributed by atoms with van der Waals surface area (Å²) in [7, 11) is 0. The van der Waals surface area contributed by atoms with E-state index in [1.165, 1.54) is 36.0 Å². The molecule has 0 heterocycles. The van der Waals surface area contributed by atoms with Crippen LogP contribution in [0.15, 0.2) is 144 Å². The number of thioether (sulfide) groups is 1. The Hall–Kier alpha value is -5.47. The first kappa shape index (κ1) is 30.0. The molecule has 0 saturated heterocycles. The molecule has 0 saturated carbocycles. The van der Waals surface area contributed by atoms with Crippen LogP contribution in [0.2, 0.25) is 0 Å². The first-order chi connectivity index (χ1) is 21.4. The second-order valence-corrected chi connectivity index (χ2v) is 10.7. The molecule has 44 heavy (non-hydrogen) atoms. The Labute approximate surface area is 259 Å². The molecule has 0 aromatic heterocycles. The van der Waals surface area contributed by atoms with Gasteiger partial charge in [0.2, 0.25) is 5.91 Å². The number of amides is 3. The van der Waals surface area contributed by atoms with E-state index in [0.717, 1.165) is 21.6 Å². The summed E-state index contributed by atoms with van der Waals surface area (Å²) in [6.07, 6.45) is 1.63. The van der Waals surface area contributed by atoms with Crippen LogP contribution in [0.5, 0.6) is 0 Å². The maximum atomic E-state index is 13.5. The highest BCUT2D eigenvalue weighted by molar-refractivity contribution is 8.00. The number of nitrogens with one attached hydrogen (secondary N) is 3. The normalized spacial score (nSPS) is 11.0. The standard InChI is InChI=1S/C36H28FN3O3S/c37-29-18-20-30(21-19-29)38-34(41)24-44-32-13-7-12-31(23-32)39-36(43)33(40-35(42)28-10-5-2-6-11-28)22-25-14-16-27(17-15-25)26-8-3-1-4-9-26/h1-23H,24H2,(H,38,41)(H,39,43)(H,40,42)/b33-22+. The van der Waals surface area contributed by atoms with E-state index in [9.17, 15) is 18.8 Å². The summed E-state index contributed by atoms with van der Waals surface area (Å²) in [6, 6.07) is 38.9. The zero-order chi connectivity index (χ0) is 30.7. The average molecular weight is 602 g/mol. The third kappa shape index (κ3) is 8.53. The highest BCUT2D eigenvalue weighted by atomic mass is 32.2. The lowest BCUT2D eigenvalue weighted by Gasteiger charge is -2.12. The molecule has 0 aliphatic rings. The minimum absolute atomic E-state index is 0.0723. The van der Waals surface area contributed by atoms with Crippen molar-refractivity contribution in [1.29, 1.82) is 0 Å². The molecule has 0 aliphatic heterocycles. The molecule has 3 N–H and O–H groups in total. The van der Waals surface area contributed by atoms with Crippen LogP contribution in [0.1, 0.15) is 15.9 Å². The average Bonchev–Trinajstić information content (AvgIpc) is 3.06. The number of anilines is 2. The van der Waals surface area contributed by atoms with Gasteiger partial charge in [-0.15, -0.1) is 11.8 Å². The number of carbonyl (C=O) groups is 3. The highest BCUT2D eigenvalue weighted by Gasteiger charge is 2.16. The summed E-state index contributed by atoms with van der Waals surface area (Å²) in [5.74, 6) is -1.42. The summed E-state index contributed by atoms with van der Waals surface area (Å²) in [5, 5.41) is 8.34. The van der Waals surface area contributed by atoms with Gasteiger partial charge in [0.05, 0.1) is 5.75 Å². The highest BCUT2D eigenvalue weighted by Crippen LogP contribution is 2.23. The Balaban J connectivity index is 1.29. The van der Waals surface area contributed by atoms with Gasteiger partial charge in [-0.2, -0.15) is 0 Å². The second-order valence-electron chi connectivity index (χ2n) is 9.69. The van der Waals surface area contributed by atoms with Crippen LogP contribution < -0.4 is 16.0 Å². The SMILES string of the molecule is O=C(CSc1cccc(NC(=O)/C(=C\c2ccc(-c3ccccc3)cc2)NC(=O)c2ccccc2)c1)Nc1ccc(F)cc1. The number of hydrogen-bond acceptors (Lipinski definition) is 4. The van der Waals surface area contributed by atoms with E-state index < -0.39 is 11.8 Å².